The molecule has 0 spiro atoms. The van der Waals surface area contributed by atoms with Crippen LogP contribution >= 0.6 is 22.7 Å². The van der Waals surface area contributed by atoms with Crippen LogP contribution in [-0.4, -0.2) is 10.2 Å². The SMILES string of the molecule is Cc1csc(-c2nnc(N)s2)c1. The minimum Gasteiger partial charge on any atom is -0.374 e. The third-order valence-corrected chi connectivity index (χ3v) is 3.35. The molecule has 0 fully saturated rings. The summed E-state index contributed by atoms with van der Waals surface area (Å²) in [5, 5.41) is 11.2. The smallest absolute Gasteiger partial charge is 0.203 e. The molecule has 0 aromatic carbocycles. The van der Waals surface area contributed by atoms with Gasteiger partial charge in [-0.1, -0.05) is 11.3 Å². The predicted octanol–water partition coefficient (Wildman–Crippen LogP) is 2.16. The Bertz CT molecular complexity index is 353. The Balaban J connectivity index is 2.43. The van der Waals surface area contributed by atoms with E-state index in [-0.39, 0.29) is 0 Å². The molecule has 0 atom stereocenters. The summed E-state index contributed by atoms with van der Waals surface area (Å²) in [5.74, 6) is 0. The normalized spacial score (nSPS) is 10.4. The number of hydrogen-bond donors (Lipinski definition) is 1. The van der Waals surface area contributed by atoms with Gasteiger partial charge in [0.05, 0.1) is 4.88 Å². The molecule has 0 saturated heterocycles. The zero-order valence-electron chi connectivity index (χ0n) is 6.44. The monoisotopic (exact) mass is 197 g/mol. The van der Waals surface area contributed by atoms with E-state index >= 15 is 0 Å². The van der Waals surface area contributed by atoms with Gasteiger partial charge in [-0.25, -0.2) is 0 Å². The fourth-order valence-electron chi connectivity index (χ4n) is 0.878. The number of rotatable bonds is 1. The first-order valence-corrected chi connectivity index (χ1v) is 5.10. The second-order valence-corrected chi connectivity index (χ2v) is 4.35. The predicted molar refractivity (Wildman–Crippen MR) is 52.4 cm³/mol. The van der Waals surface area contributed by atoms with Crippen molar-refractivity contribution in [1.82, 2.24) is 10.2 Å². The summed E-state index contributed by atoms with van der Waals surface area (Å²) in [5.41, 5.74) is 6.73. The van der Waals surface area contributed by atoms with Gasteiger partial charge in [0.2, 0.25) is 5.13 Å². The molecule has 2 aromatic rings. The van der Waals surface area contributed by atoms with Crippen molar-refractivity contribution in [3.8, 4) is 9.88 Å². The number of aryl methyl sites for hydroxylation is 1. The van der Waals surface area contributed by atoms with Gasteiger partial charge in [-0.2, -0.15) is 0 Å². The maximum absolute atomic E-state index is 5.47. The number of anilines is 1. The van der Waals surface area contributed by atoms with E-state index in [1.54, 1.807) is 11.3 Å². The molecule has 0 radical (unpaired) electrons. The van der Waals surface area contributed by atoms with Crippen LogP contribution in [0.2, 0.25) is 0 Å². The second-order valence-electron chi connectivity index (χ2n) is 2.43. The van der Waals surface area contributed by atoms with Crippen molar-refractivity contribution in [2.24, 2.45) is 0 Å². The molecule has 2 rings (SSSR count). The molecule has 0 aliphatic rings. The van der Waals surface area contributed by atoms with Gasteiger partial charge < -0.3 is 5.73 Å². The third kappa shape index (κ3) is 1.33. The lowest BCUT2D eigenvalue weighted by atomic mass is 10.3. The van der Waals surface area contributed by atoms with E-state index < -0.39 is 0 Å². The Morgan fingerprint density at radius 3 is 2.75 bits per heavy atom. The van der Waals surface area contributed by atoms with Gasteiger partial charge in [-0.05, 0) is 23.9 Å². The molecule has 5 heteroatoms. The lowest BCUT2D eigenvalue weighted by Gasteiger charge is -1.82. The third-order valence-electron chi connectivity index (χ3n) is 1.38. The first kappa shape index (κ1) is 7.70. The fourth-order valence-corrected chi connectivity index (χ4v) is 2.44. The van der Waals surface area contributed by atoms with E-state index in [9.17, 15) is 0 Å². The van der Waals surface area contributed by atoms with Crippen molar-refractivity contribution in [3.63, 3.8) is 0 Å². The quantitative estimate of drug-likeness (QED) is 0.762. The van der Waals surface area contributed by atoms with E-state index in [0.717, 1.165) is 9.88 Å². The first-order valence-electron chi connectivity index (χ1n) is 3.40. The summed E-state index contributed by atoms with van der Waals surface area (Å²) < 4.78 is 0. The average Bonchev–Trinajstić information content (AvgIpc) is 2.58. The molecule has 0 aliphatic carbocycles. The van der Waals surface area contributed by atoms with E-state index in [2.05, 4.69) is 28.6 Å². The molecule has 0 saturated carbocycles. The Labute approximate surface area is 77.9 Å². The summed E-state index contributed by atoms with van der Waals surface area (Å²) in [6, 6.07) is 2.09. The van der Waals surface area contributed by atoms with Crippen molar-refractivity contribution in [1.29, 1.82) is 0 Å². The summed E-state index contributed by atoms with van der Waals surface area (Å²) in [6.45, 7) is 2.06. The highest BCUT2D eigenvalue weighted by atomic mass is 32.1. The van der Waals surface area contributed by atoms with Crippen molar-refractivity contribution in [3.05, 3.63) is 17.0 Å². The van der Waals surface area contributed by atoms with Gasteiger partial charge in [0.25, 0.3) is 0 Å². The number of nitrogen functional groups attached to an aromatic ring is 1. The molecule has 0 unspecified atom stereocenters. The van der Waals surface area contributed by atoms with E-state index in [0.29, 0.717) is 5.13 Å². The van der Waals surface area contributed by atoms with Crippen LogP contribution in [0.15, 0.2) is 11.4 Å². The van der Waals surface area contributed by atoms with E-state index in [4.69, 9.17) is 5.73 Å². The lowest BCUT2D eigenvalue weighted by molar-refractivity contribution is 1.11. The lowest BCUT2D eigenvalue weighted by Crippen LogP contribution is -1.79. The molecule has 2 aromatic heterocycles. The van der Waals surface area contributed by atoms with Crippen molar-refractivity contribution in [2.75, 3.05) is 5.73 Å². The van der Waals surface area contributed by atoms with Crippen LogP contribution < -0.4 is 5.73 Å². The number of aromatic nitrogens is 2. The van der Waals surface area contributed by atoms with Crippen molar-refractivity contribution in [2.45, 2.75) is 6.92 Å². The molecular formula is C7H7N3S2. The highest BCUT2D eigenvalue weighted by molar-refractivity contribution is 7.22. The topological polar surface area (TPSA) is 51.8 Å². The summed E-state index contributed by atoms with van der Waals surface area (Å²) in [4.78, 5) is 1.14. The van der Waals surface area contributed by atoms with E-state index in [1.807, 2.05) is 0 Å². The number of nitrogens with two attached hydrogens (primary N) is 1. The zero-order valence-corrected chi connectivity index (χ0v) is 8.08. The number of thiophene rings is 1. The first-order chi connectivity index (χ1) is 5.75. The Morgan fingerprint density at radius 2 is 2.25 bits per heavy atom. The average molecular weight is 197 g/mol. The minimum atomic E-state index is 0.524. The highest BCUT2D eigenvalue weighted by Gasteiger charge is 2.05. The molecule has 62 valence electrons. The summed E-state index contributed by atoms with van der Waals surface area (Å²) in [6.07, 6.45) is 0. The van der Waals surface area contributed by atoms with Gasteiger partial charge in [0.15, 0.2) is 5.01 Å². The maximum atomic E-state index is 5.47. The molecule has 12 heavy (non-hydrogen) atoms. The molecule has 0 aliphatic heterocycles. The van der Waals surface area contributed by atoms with Gasteiger partial charge >= 0.3 is 0 Å². The van der Waals surface area contributed by atoms with Crippen molar-refractivity contribution >= 4 is 27.8 Å². The van der Waals surface area contributed by atoms with Crippen molar-refractivity contribution < 1.29 is 0 Å². The highest BCUT2D eigenvalue weighted by Crippen LogP contribution is 2.29. The standard InChI is InChI=1S/C7H7N3S2/c1-4-2-5(11-3-4)6-9-10-7(8)12-6/h2-3H,1H3,(H2,8,10). The van der Waals surface area contributed by atoms with E-state index in [1.165, 1.54) is 16.9 Å². The van der Waals surface area contributed by atoms with Crippen LogP contribution in [0, 0.1) is 6.92 Å². The number of hydrogen-bond acceptors (Lipinski definition) is 5. The Morgan fingerprint density at radius 1 is 1.42 bits per heavy atom. The van der Waals surface area contributed by atoms with Gasteiger partial charge in [0.1, 0.15) is 0 Å². The second kappa shape index (κ2) is 2.84. The zero-order chi connectivity index (χ0) is 8.55. The van der Waals surface area contributed by atoms with Crippen LogP contribution in [-0.2, 0) is 0 Å². The fraction of sp³-hybridized carbons (Fsp3) is 0.143. The molecule has 2 N–H and O–H groups in total. The van der Waals surface area contributed by atoms with Crippen LogP contribution in [0.5, 0.6) is 0 Å². The van der Waals surface area contributed by atoms with Crippen LogP contribution in [0.25, 0.3) is 9.88 Å². The Hall–Kier alpha value is -0.940. The Kier molecular flexibility index (Phi) is 1.82. The van der Waals surface area contributed by atoms with Gasteiger partial charge in [0, 0.05) is 0 Å². The summed E-state index contributed by atoms with van der Waals surface area (Å²) in [7, 11) is 0. The summed E-state index contributed by atoms with van der Waals surface area (Å²) >= 11 is 3.09. The number of nitrogens with zero attached hydrogens (tertiary/aromatic N) is 2. The van der Waals surface area contributed by atoms with Crippen LogP contribution in [0.3, 0.4) is 0 Å². The maximum Gasteiger partial charge on any atom is 0.203 e. The largest absolute Gasteiger partial charge is 0.374 e. The molecule has 2 heterocycles. The molecule has 0 amide bonds. The van der Waals surface area contributed by atoms with Gasteiger partial charge in [-0.3, -0.25) is 0 Å². The molecule has 3 nitrogen and oxygen atoms in total. The minimum absolute atomic E-state index is 0.524. The van der Waals surface area contributed by atoms with Crippen LogP contribution in [0.1, 0.15) is 5.56 Å². The van der Waals surface area contributed by atoms with Crippen LogP contribution in [0.4, 0.5) is 5.13 Å². The van der Waals surface area contributed by atoms with Gasteiger partial charge in [-0.15, -0.1) is 21.5 Å². The molecular weight excluding hydrogens is 190 g/mol. The molecule has 0 bridgehead atoms.